The van der Waals surface area contributed by atoms with E-state index in [0.717, 1.165) is 12.1 Å². The SMILES string of the molecule is O=C(Nc1ccc(Cl)nc1)c1cccc(C(F)(F)F)c1F. The number of alkyl halides is 3. The molecule has 0 aliphatic rings. The summed E-state index contributed by atoms with van der Waals surface area (Å²) in [6.07, 6.45) is -3.67. The summed E-state index contributed by atoms with van der Waals surface area (Å²) in [5.41, 5.74) is -2.02. The number of aromatic nitrogens is 1. The number of rotatable bonds is 2. The molecule has 0 atom stereocenters. The average Bonchev–Trinajstić information content (AvgIpc) is 2.40. The number of carbonyl (C=O) groups excluding carboxylic acids is 1. The van der Waals surface area contributed by atoms with Crippen molar-refractivity contribution in [1.82, 2.24) is 4.98 Å². The topological polar surface area (TPSA) is 42.0 Å². The first-order valence-electron chi connectivity index (χ1n) is 5.57. The van der Waals surface area contributed by atoms with Gasteiger partial charge < -0.3 is 5.32 Å². The first kappa shape index (κ1) is 15.2. The summed E-state index contributed by atoms with van der Waals surface area (Å²) in [6.45, 7) is 0. The molecule has 0 spiro atoms. The smallest absolute Gasteiger partial charge is 0.320 e. The highest BCUT2D eigenvalue weighted by Gasteiger charge is 2.35. The van der Waals surface area contributed by atoms with Crippen LogP contribution in [0.5, 0.6) is 0 Å². The fourth-order valence-corrected chi connectivity index (χ4v) is 1.69. The molecular formula is C13H7ClF4N2O. The van der Waals surface area contributed by atoms with Gasteiger partial charge in [-0.1, -0.05) is 17.7 Å². The van der Waals surface area contributed by atoms with Gasteiger partial charge in [-0.05, 0) is 24.3 Å². The Hall–Kier alpha value is -2.15. The Kier molecular flexibility index (Phi) is 4.13. The number of amides is 1. The van der Waals surface area contributed by atoms with Crippen molar-refractivity contribution in [2.45, 2.75) is 6.18 Å². The molecule has 0 aliphatic heterocycles. The fraction of sp³-hybridized carbons (Fsp3) is 0.0769. The molecule has 2 aromatic rings. The predicted molar refractivity (Wildman–Crippen MR) is 68.6 cm³/mol. The number of pyridine rings is 1. The normalized spacial score (nSPS) is 11.3. The second-order valence-corrected chi connectivity index (χ2v) is 4.38. The molecule has 0 fully saturated rings. The second kappa shape index (κ2) is 5.69. The van der Waals surface area contributed by atoms with Gasteiger partial charge in [-0.25, -0.2) is 9.37 Å². The number of anilines is 1. The van der Waals surface area contributed by atoms with Gasteiger partial charge in [0.2, 0.25) is 0 Å². The number of carbonyl (C=O) groups is 1. The molecular weight excluding hydrogens is 312 g/mol. The van der Waals surface area contributed by atoms with Crippen molar-refractivity contribution >= 4 is 23.2 Å². The summed E-state index contributed by atoms with van der Waals surface area (Å²) >= 11 is 5.55. The molecule has 1 heterocycles. The molecule has 1 aromatic carbocycles. The van der Waals surface area contributed by atoms with E-state index in [1.807, 2.05) is 0 Å². The largest absolute Gasteiger partial charge is 0.419 e. The lowest BCUT2D eigenvalue weighted by molar-refractivity contribution is -0.140. The Bertz CT molecular complexity index is 671. The van der Waals surface area contributed by atoms with Gasteiger partial charge in [-0.2, -0.15) is 13.2 Å². The van der Waals surface area contributed by atoms with Gasteiger partial charge in [-0.15, -0.1) is 0 Å². The number of nitrogens with one attached hydrogen (secondary N) is 1. The van der Waals surface area contributed by atoms with Gasteiger partial charge in [0.15, 0.2) is 0 Å². The minimum absolute atomic E-state index is 0.179. The molecule has 1 amide bonds. The molecule has 0 saturated heterocycles. The van der Waals surface area contributed by atoms with Gasteiger partial charge >= 0.3 is 6.18 Å². The highest BCUT2D eigenvalue weighted by Crippen LogP contribution is 2.32. The van der Waals surface area contributed by atoms with Crippen molar-refractivity contribution < 1.29 is 22.4 Å². The van der Waals surface area contributed by atoms with Crippen LogP contribution < -0.4 is 5.32 Å². The van der Waals surface area contributed by atoms with Gasteiger partial charge in [0.25, 0.3) is 5.91 Å². The number of hydrogen-bond donors (Lipinski definition) is 1. The van der Waals surface area contributed by atoms with E-state index in [4.69, 9.17) is 11.6 Å². The van der Waals surface area contributed by atoms with Crippen LogP contribution in [-0.4, -0.2) is 10.9 Å². The molecule has 0 bridgehead atoms. The molecule has 0 radical (unpaired) electrons. The number of benzene rings is 1. The number of halogens is 5. The molecule has 110 valence electrons. The monoisotopic (exact) mass is 318 g/mol. The molecule has 0 aliphatic carbocycles. The standard InChI is InChI=1S/C13H7ClF4N2O/c14-10-5-4-7(6-19-10)20-12(21)8-2-1-3-9(11(8)15)13(16,17)18/h1-6H,(H,20,21). The Morgan fingerprint density at radius 2 is 1.90 bits per heavy atom. The maximum Gasteiger partial charge on any atom is 0.419 e. The summed E-state index contributed by atoms with van der Waals surface area (Å²) in [4.78, 5) is 15.5. The highest BCUT2D eigenvalue weighted by atomic mass is 35.5. The average molecular weight is 319 g/mol. The summed E-state index contributed by atoms with van der Waals surface area (Å²) in [7, 11) is 0. The van der Waals surface area contributed by atoms with Gasteiger partial charge in [-0.3, -0.25) is 4.79 Å². The lowest BCUT2D eigenvalue weighted by atomic mass is 10.1. The van der Waals surface area contributed by atoms with Crippen LogP contribution in [0.4, 0.5) is 23.2 Å². The zero-order valence-corrected chi connectivity index (χ0v) is 11.0. The second-order valence-electron chi connectivity index (χ2n) is 3.99. The summed E-state index contributed by atoms with van der Waals surface area (Å²) < 4.78 is 51.5. The zero-order chi connectivity index (χ0) is 15.6. The lowest BCUT2D eigenvalue weighted by Crippen LogP contribution is -2.17. The third kappa shape index (κ3) is 3.49. The van der Waals surface area contributed by atoms with E-state index in [0.29, 0.717) is 6.07 Å². The van der Waals surface area contributed by atoms with Crippen LogP contribution in [0.25, 0.3) is 0 Å². The summed E-state index contributed by atoms with van der Waals surface area (Å²) in [5, 5.41) is 2.42. The maximum absolute atomic E-state index is 13.8. The lowest BCUT2D eigenvalue weighted by Gasteiger charge is -2.11. The van der Waals surface area contributed by atoms with E-state index in [2.05, 4.69) is 10.3 Å². The van der Waals surface area contributed by atoms with Crippen molar-refractivity contribution in [3.8, 4) is 0 Å². The maximum atomic E-state index is 13.8. The van der Waals surface area contributed by atoms with Crippen molar-refractivity contribution in [3.05, 3.63) is 58.6 Å². The Balaban J connectivity index is 2.30. The van der Waals surface area contributed by atoms with E-state index >= 15 is 0 Å². The van der Waals surface area contributed by atoms with Crippen LogP contribution in [0.2, 0.25) is 5.15 Å². The van der Waals surface area contributed by atoms with Gasteiger partial charge in [0.1, 0.15) is 11.0 Å². The van der Waals surface area contributed by atoms with Crippen LogP contribution in [0.15, 0.2) is 36.5 Å². The zero-order valence-electron chi connectivity index (χ0n) is 10.2. The first-order chi connectivity index (χ1) is 9.79. The van der Waals surface area contributed by atoms with E-state index < -0.39 is 29.0 Å². The third-order valence-electron chi connectivity index (χ3n) is 2.53. The van der Waals surface area contributed by atoms with Crippen molar-refractivity contribution in [3.63, 3.8) is 0 Å². The summed E-state index contributed by atoms with van der Waals surface area (Å²) in [5.74, 6) is -2.63. The molecule has 0 unspecified atom stereocenters. The predicted octanol–water partition coefficient (Wildman–Crippen LogP) is 4.15. The van der Waals surface area contributed by atoms with E-state index in [-0.39, 0.29) is 10.8 Å². The molecule has 1 N–H and O–H groups in total. The van der Waals surface area contributed by atoms with Crippen LogP contribution in [0.1, 0.15) is 15.9 Å². The molecule has 8 heteroatoms. The Labute approximate surface area is 121 Å². The van der Waals surface area contributed by atoms with E-state index in [9.17, 15) is 22.4 Å². The van der Waals surface area contributed by atoms with Crippen molar-refractivity contribution in [1.29, 1.82) is 0 Å². The van der Waals surface area contributed by atoms with Crippen LogP contribution in [0.3, 0.4) is 0 Å². The molecule has 0 saturated carbocycles. The number of hydrogen-bond acceptors (Lipinski definition) is 2. The molecule has 1 aromatic heterocycles. The first-order valence-corrected chi connectivity index (χ1v) is 5.95. The quantitative estimate of drug-likeness (QED) is 0.668. The Morgan fingerprint density at radius 1 is 1.19 bits per heavy atom. The molecule has 3 nitrogen and oxygen atoms in total. The van der Waals surface area contributed by atoms with Crippen LogP contribution in [-0.2, 0) is 6.18 Å². The molecule has 21 heavy (non-hydrogen) atoms. The van der Waals surface area contributed by atoms with Gasteiger partial charge in [0.05, 0.1) is 23.0 Å². The van der Waals surface area contributed by atoms with E-state index in [1.165, 1.54) is 18.3 Å². The highest BCUT2D eigenvalue weighted by molar-refractivity contribution is 6.29. The fourth-order valence-electron chi connectivity index (χ4n) is 1.57. The summed E-state index contributed by atoms with van der Waals surface area (Å²) in [6, 6.07) is 5.25. The number of nitrogens with zero attached hydrogens (tertiary/aromatic N) is 1. The Morgan fingerprint density at radius 3 is 2.48 bits per heavy atom. The van der Waals surface area contributed by atoms with Crippen LogP contribution in [0, 0.1) is 5.82 Å². The van der Waals surface area contributed by atoms with E-state index in [1.54, 1.807) is 0 Å². The van der Waals surface area contributed by atoms with Gasteiger partial charge in [0, 0.05) is 0 Å². The van der Waals surface area contributed by atoms with Crippen LogP contribution >= 0.6 is 11.6 Å². The minimum atomic E-state index is -4.87. The van der Waals surface area contributed by atoms with Crippen molar-refractivity contribution in [2.24, 2.45) is 0 Å². The third-order valence-corrected chi connectivity index (χ3v) is 2.76. The van der Waals surface area contributed by atoms with Crippen molar-refractivity contribution in [2.75, 3.05) is 5.32 Å². The molecule has 2 rings (SSSR count). The minimum Gasteiger partial charge on any atom is -0.320 e.